The van der Waals surface area contributed by atoms with Crippen molar-refractivity contribution in [2.24, 2.45) is 0 Å². The minimum atomic E-state index is -1.50. The normalized spacial score (nSPS) is 12.2. The Morgan fingerprint density at radius 2 is 0.455 bits per heavy atom. The van der Waals surface area contributed by atoms with E-state index >= 15 is 0 Å². The van der Waals surface area contributed by atoms with E-state index in [4.69, 9.17) is 0 Å². The predicted molar refractivity (Wildman–Crippen MR) is 294 cm³/mol. The van der Waals surface area contributed by atoms with Crippen LogP contribution >= 0.6 is 0 Å². The van der Waals surface area contributed by atoms with E-state index in [2.05, 4.69) is 294 Å². The molecule has 0 saturated heterocycles. The van der Waals surface area contributed by atoms with Crippen LogP contribution in [0.3, 0.4) is 0 Å². The molecule has 0 atom stereocenters. The molecule has 0 aliphatic heterocycles. The van der Waals surface area contributed by atoms with Crippen molar-refractivity contribution in [3.05, 3.63) is 266 Å². The van der Waals surface area contributed by atoms with Gasteiger partial charge in [0, 0.05) is 33.4 Å². The molecule has 0 amide bonds. The lowest BCUT2D eigenvalue weighted by Crippen LogP contribution is -2.17. The van der Waals surface area contributed by atoms with E-state index in [9.17, 15) is 0 Å². The van der Waals surface area contributed by atoms with Gasteiger partial charge in [0.05, 0.1) is 24.2 Å². The lowest BCUT2D eigenvalue weighted by atomic mass is 9.98. The molecule has 0 bridgehead atoms. The van der Waals surface area contributed by atoms with E-state index < -0.39 is 24.2 Å². The zero-order valence-electron chi connectivity index (χ0n) is 40.1. The summed E-state index contributed by atoms with van der Waals surface area (Å²) in [5.41, 5.74) is 24.1. The average molecular weight is 901 g/mol. The highest BCUT2D eigenvalue weighted by Crippen LogP contribution is 2.29. The highest BCUT2D eigenvalue weighted by atomic mass is 28.3. The third-order valence-corrected chi connectivity index (χ3v) is 14.0. The van der Waals surface area contributed by atoms with Crippen LogP contribution in [0.4, 0.5) is 0 Å². The van der Waals surface area contributed by atoms with E-state index in [0.717, 1.165) is 33.4 Å². The summed E-state index contributed by atoms with van der Waals surface area (Å²) in [6.45, 7) is 21.4. The van der Waals surface area contributed by atoms with E-state index in [1.807, 2.05) is 0 Å². The molecular weight excluding hydrogens is 841 g/mol. The van der Waals surface area contributed by atoms with Crippen molar-refractivity contribution in [3.63, 3.8) is 0 Å². The molecular formula is C63H60Si3. The third-order valence-electron chi connectivity index (χ3n) is 10.6. The number of benzene rings is 7. The third kappa shape index (κ3) is 14.0. The molecule has 3 heteroatoms. The lowest BCUT2D eigenvalue weighted by molar-refractivity contribution is 1.52. The fourth-order valence-electron chi connectivity index (χ4n) is 7.63. The quantitative estimate of drug-likeness (QED) is 0.100. The summed E-state index contributed by atoms with van der Waals surface area (Å²) in [5.74, 6) is 20.7. The van der Waals surface area contributed by atoms with Crippen LogP contribution in [0.25, 0.3) is 16.7 Å². The second-order valence-corrected chi connectivity index (χ2v) is 35.2. The van der Waals surface area contributed by atoms with Gasteiger partial charge in [-0.15, -0.1) is 0 Å². The molecule has 0 fully saturated rings. The van der Waals surface area contributed by atoms with Crippen molar-refractivity contribution in [1.29, 1.82) is 0 Å². The molecule has 0 saturated carbocycles. The van der Waals surface area contributed by atoms with Gasteiger partial charge >= 0.3 is 0 Å². The van der Waals surface area contributed by atoms with Crippen molar-refractivity contribution in [2.75, 3.05) is 0 Å². The van der Waals surface area contributed by atoms with Gasteiger partial charge in [-0.25, -0.2) is 0 Å². The molecule has 7 aromatic carbocycles. The molecule has 66 heavy (non-hydrogen) atoms. The van der Waals surface area contributed by atoms with E-state index in [-0.39, 0.29) is 0 Å². The van der Waals surface area contributed by atoms with Crippen LogP contribution in [-0.2, 0) is 0 Å². The maximum absolute atomic E-state index is 3.47. The first-order valence-corrected chi connectivity index (χ1v) is 33.6. The van der Waals surface area contributed by atoms with Gasteiger partial charge in [0.25, 0.3) is 0 Å². The molecule has 0 spiro atoms. The van der Waals surface area contributed by atoms with Crippen LogP contribution in [0.1, 0.15) is 66.8 Å². The Hall–Kier alpha value is -6.91. The molecule has 324 valence electrons. The Balaban J connectivity index is 1.22. The Kier molecular flexibility index (Phi) is 14.9. The fourth-order valence-corrected chi connectivity index (χ4v) is 11.2. The van der Waals surface area contributed by atoms with Crippen LogP contribution < -0.4 is 0 Å². The Morgan fingerprint density at radius 1 is 0.258 bits per heavy atom. The van der Waals surface area contributed by atoms with Crippen molar-refractivity contribution in [2.45, 2.75) is 58.9 Å². The summed E-state index contributed by atoms with van der Waals surface area (Å²) in [6, 6.07) is 64.3. The monoisotopic (exact) mass is 900 g/mol. The van der Waals surface area contributed by atoms with Gasteiger partial charge in [-0.05, 0) is 105 Å². The van der Waals surface area contributed by atoms with Crippen molar-refractivity contribution >= 4 is 40.9 Å². The van der Waals surface area contributed by atoms with Gasteiger partial charge < -0.3 is 0 Å². The maximum Gasteiger partial charge on any atom is 0.0695 e. The molecule has 0 N–H and O–H groups in total. The molecule has 0 nitrogen and oxygen atoms in total. The summed E-state index contributed by atoms with van der Waals surface area (Å²) in [6.07, 6.45) is 0. The molecule has 0 aromatic heterocycles. The number of hydrogen-bond acceptors (Lipinski definition) is 0. The minimum absolute atomic E-state index is 0.873. The average Bonchev–Trinajstić information content (AvgIpc) is 3.30. The molecule has 0 radical (unpaired) electrons. The first kappa shape index (κ1) is 47.1. The highest BCUT2D eigenvalue weighted by molar-refractivity contribution is 6.82. The first-order chi connectivity index (χ1) is 31.5. The van der Waals surface area contributed by atoms with Crippen molar-refractivity contribution < 1.29 is 0 Å². The van der Waals surface area contributed by atoms with Crippen LogP contribution in [0.2, 0.25) is 58.9 Å². The van der Waals surface area contributed by atoms with Crippen LogP contribution in [-0.4, -0.2) is 24.2 Å². The largest absolute Gasteiger partial charge is 0.0867 e. The maximum atomic E-state index is 3.47. The van der Waals surface area contributed by atoms with Gasteiger partial charge in [-0.1, -0.05) is 239 Å². The van der Waals surface area contributed by atoms with Crippen molar-refractivity contribution in [3.8, 4) is 35.5 Å². The van der Waals surface area contributed by atoms with E-state index in [1.54, 1.807) is 0 Å². The van der Waals surface area contributed by atoms with Gasteiger partial charge in [0.2, 0.25) is 0 Å². The summed E-state index contributed by atoms with van der Waals surface area (Å²) in [7, 11) is -4.49. The van der Waals surface area contributed by atoms with Crippen LogP contribution in [0.15, 0.2) is 199 Å². The zero-order valence-corrected chi connectivity index (χ0v) is 43.1. The second-order valence-electron chi connectivity index (χ2n) is 20.2. The van der Waals surface area contributed by atoms with E-state index in [0.29, 0.717) is 0 Å². The Bertz CT molecular complexity index is 2710. The molecule has 7 rings (SSSR count). The van der Waals surface area contributed by atoms with Crippen molar-refractivity contribution in [1.82, 2.24) is 0 Å². The SMILES string of the molecule is C[Si](C)(C)/C=C(/c1ccccc1)c1ccc(C#Cc2cc(C#Cc3ccc(/C(=C\[Si](C)(C)C)c4ccccc4)cc3)cc(C#Cc3ccc(/C(=C\[Si](C)(C)C)c4ccccc4)cc3)c2)cc1. The minimum Gasteiger partial charge on any atom is -0.0867 e. The highest BCUT2D eigenvalue weighted by Gasteiger charge is 2.16. The van der Waals surface area contributed by atoms with Gasteiger partial charge in [-0.2, -0.15) is 0 Å². The first-order valence-electron chi connectivity index (χ1n) is 22.9. The molecule has 0 aliphatic carbocycles. The second kappa shape index (κ2) is 20.9. The topological polar surface area (TPSA) is 0 Å². The summed E-state index contributed by atoms with van der Waals surface area (Å²) in [5, 5.41) is 0. The molecule has 0 unspecified atom stereocenters. The van der Waals surface area contributed by atoms with E-state index in [1.165, 1.54) is 50.1 Å². The van der Waals surface area contributed by atoms with Crippen LogP contribution in [0, 0.1) is 35.5 Å². The zero-order chi connectivity index (χ0) is 46.7. The summed E-state index contributed by atoms with van der Waals surface area (Å²) >= 11 is 0. The Labute approximate surface area is 399 Å². The standard InChI is InChI=1S/C63H60Si3/c1-64(2,3)46-61(55-19-13-10-14-20-55)58-37-31-49(32-38-58)25-28-52-43-53(29-26-50-33-39-59(40-34-50)62(47-65(4,5)6)56-21-15-11-16-22-56)45-54(44-52)30-27-51-35-41-60(42-36-51)63(48-66(7,8)9)57-23-17-12-18-24-57/h10-24,31-48H,1-9H3/b61-46-,62-47-,63-48-. The van der Waals surface area contributed by atoms with Gasteiger partial charge in [-0.3, -0.25) is 0 Å². The smallest absolute Gasteiger partial charge is 0.0695 e. The van der Waals surface area contributed by atoms with Gasteiger partial charge in [0.15, 0.2) is 0 Å². The molecule has 7 aromatic rings. The summed E-state index contributed by atoms with van der Waals surface area (Å²) < 4.78 is 0. The predicted octanol–water partition coefficient (Wildman–Crippen LogP) is 15.8. The number of hydrogen-bond donors (Lipinski definition) is 0. The van der Waals surface area contributed by atoms with Crippen LogP contribution in [0.5, 0.6) is 0 Å². The molecule has 0 heterocycles. The fraction of sp³-hybridized carbons (Fsp3) is 0.143. The Morgan fingerprint density at radius 3 is 0.667 bits per heavy atom. The number of rotatable bonds is 9. The lowest BCUT2D eigenvalue weighted by Gasteiger charge is -2.16. The van der Waals surface area contributed by atoms with Gasteiger partial charge in [0.1, 0.15) is 0 Å². The summed E-state index contributed by atoms with van der Waals surface area (Å²) in [4.78, 5) is 0. The molecule has 0 aliphatic rings.